The highest BCUT2D eigenvalue weighted by Crippen LogP contribution is 2.38. The first kappa shape index (κ1) is 17.2. The van der Waals surface area contributed by atoms with E-state index in [9.17, 15) is 15.0 Å². The van der Waals surface area contributed by atoms with E-state index in [0.717, 1.165) is 11.1 Å². The topological polar surface area (TPSA) is 91.7 Å². The van der Waals surface area contributed by atoms with Gasteiger partial charge in [-0.25, -0.2) is 4.98 Å². The second kappa shape index (κ2) is 7.11. The summed E-state index contributed by atoms with van der Waals surface area (Å²) in [6, 6.07) is 8.24. The van der Waals surface area contributed by atoms with Gasteiger partial charge in [-0.05, 0) is 43.4 Å². The molecule has 0 unspecified atom stereocenters. The molecular formula is C19H22N2O4. The molecule has 0 saturated heterocycles. The van der Waals surface area contributed by atoms with E-state index in [1.807, 2.05) is 13.0 Å². The lowest BCUT2D eigenvalue weighted by Gasteiger charge is -2.38. The molecule has 132 valence electrons. The number of aliphatic hydroxyl groups is 1. The normalized spacial score (nSPS) is 20.4. The summed E-state index contributed by atoms with van der Waals surface area (Å²) < 4.78 is 5.07. The van der Waals surface area contributed by atoms with Crippen LogP contribution in [0, 0.1) is 12.8 Å². The fourth-order valence-electron chi connectivity index (χ4n) is 3.12. The molecule has 0 radical (unpaired) electrons. The summed E-state index contributed by atoms with van der Waals surface area (Å²) in [6.07, 6.45) is 2.58. The molecule has 1 heterocycles. The smallest absolute Gasteiger partial charge is 0.255 e. The van der Waals surface area contributed by atoms with Crippen molar-refractivity contribution in [1.82, 2.24) is 10.3 Å². The summed E-state index contributed by atoms with van der Waals surface area (Å²) in [4.78, 5) is 16.9. The molecule has 1 amide bonds. The number of amides is 1. The number of hydrogen-bond donors (Lipinski definition) is 3. The Morgan fingerprint density at radius 1 is 1.32 bits per heavy atom. The minimum Gasteiger partial charge on any atom is -0.507 e. The van der Waals surface area contributed by atoms with Crippen molar-refractivity contribution >= 4 is 5.91 Å². The molecule has 3 rings (SSSR count). The van der Waals surface area contributed by atoms with Gasteiger partial charge in [0.15, 0.2) is 0 Å². The van der Waals surface area contributed by atoms with Crippen molar-refractivity contribution in [2.24, 2.45) is 5.92 Å². The molecule has 2 aromatic rings. The van der Waals surface area contributed by atoms with Gasteiger partial charge in [-0.15, -0.1) is 0 Å². The van der Waals surface area contributed by atoms with Crippen molar-refractivity contribution in [3.63, 3.8) is 0 Å². The molecule has 1 fully saturated rings. The predicted molar refractivity (Wildman–Crippen MR) is 92.6 cm³/mol. The van der Waals surface area contributed by atoms with Crippen LogP contribution in [0.5, 0.6) is 11.6 Å². The Bertz CT molecular complexity index is 755. The third kappa shape index (κ3) is 3.74. The molecule has 6 nitrogen and oxygen atoms in total. The van der Waals surface area contributed by atoms with Crippen LogP contribution in [0.25, 0.3) is 0 Å². The molecule has 25 heavy (non-hydrogen) atoms. The Hall–Kier alpha value is -2.60. The minimum absolute atomic E-state index is 0.0525. The van der Waals surface area contributed by atoms with Gasteiger partial charge in [0.05, 0.1) is 24.8 Å². The first-order chi connectivity index (χ1) is 12.0. The molecule has 1 aromatic carbocycles. The van der Waals surface area contributed by atoms with Crippen LogP contribution in [0.4, 0.5) is 0 Å². The number of nitrogens with zero attached hydrogens (tertiary/aromatic N) is 1. The van der Waals surface area contributed by atoms with Crippen molar-refractivity contribution in [2.75, 3.05) is 7.11 Å². The number of phenols is 1. The zero-order chi connectivity index (χ0) is 18.0. The van der Waals surface area contributed by atoms with Crippen LogP contribution in [-0.2, 0) is 0 Å². The van der Waals surface area contributed by atoms with Gasteiger partial charge in [-0.1, -0.05) is 17.7 Å². The molecule has 0 bridgehead atoms. The monoisotopic (exact) mass is 342 g/mol. The van der Waals surface area contributed by atoms with Crippen molar-refractivity contribution < 1.29 is 19.7 Å². The molecule has 0 spiro atoms. The Morgan fingerprint density at radius 3 is 2.68 bits per heavy atom. The quantitative estimate of drug-likeness (QED) is 0.776. The molecule has 3 N–H and O–H groups in total. The summed E-state index contributed by atoms with van der Waals surface area (Å²) in [5.41, 5.74) is 1.98. The average Bonchev–Trinajstić information content (AvgIpc) is 2.59. The van der Waals surface area contributed by atoms with Crippen molar-refractivity contribution in [3.05, 3.63) is 53.2 Å². The second-order valence-electron chi connectivity index (χ2n) is 6.49. The van der Waals surface area contributed by atoms with Crippen molar-refractivity contribution in [3.8, 4) is 11.6 Å². The lowest BCUT2D eigenvalue weighted by Crippen LogP contribution is -2.41. The highest BCUT2D eigenvalue weighted by atomic mass is 16.5. The van der Waals surface area contributed by atoms with Crippen molar-refractivity contribution in [1.29, 1.82) is 0 Å². The van der Waals surface area contributed by atoms with E-state index < -0.39 is 0 Å². The van der Waals surface area contributed by atoms with E-state index in [1.165, 1.54) is 6.07 Å². The fourth-order valence-corrected chi connectivity index (χ4v) is 3.12. The fraction of sp³-hybridized carbons (Fsp3) is 0.368. The van der Waals surface area contributed by atoms with E-state index in [2.05, 4.69) is 10.3 Å². The average molecular weight is 342 g/mol. The number of hydrogen-bond acceptors (Lipinski definition) is 5. The summed E-state index contributed by atoms with van der Waals surface area (Å²) in [6.45, 7) is 1.86. The Balaban J connectivity index is 1.84. The number of methoxy groups -OCH3 is 1. The van der Waals surface area contributed by atoms with Crippen LogP contribution in [-0.4, -0.2) is 34.3 Å². The van der Waals surface area contributed by atoms with E-state index in [-0.39, 0.29) is 35.3 Å². The van der Waals surface area contributed by atoms with Gasteiger partial charge in [0, 0.05) is 12.3 Å². The number of pyridine rings is 1. The highest BCUT2D eigenvalue weighted by molar-refractivity contribution is 5.97. The number of ether oxygens (including phenoxy) is 1. The summed E-state index contributed by atoms with van der Waals surface area (Å²) in [7, 11) is 1.55. The van der Waals surface area contributed by atoms with Gasteiger partial charge in [-0.3, -0.25) is 4.79 Å². The number of benzene rings is 1. The summed E-state index contributed by atoms with van der Waals surface area (Å²) >= 11 is 0. The maximum Gasteiger partial charge on any atom is 0.255 e. The lowest BCUT2D eigenvalue weighted by molar-refractivity contribution is 0.0234. The summed E-state index contributed by atoms with van der Waals surface area (Å²) in [5, 5.41) is 22.6. The van der Waals surface area contributed by atoms with Gasteiger partial charge in [0.1, 0.15) is 5.75 Å². The third-order valence-corrected chi connectivity index (χ3v) is 4.63. The number of nitrogens with one attached hydrogen (secondary N) is 1. The van der Waals surface area contributed by atoms with Gasteiger partial charge >= 0.3 is 0 Å². The first-order valence-electron chi connectivity index (χ1n) is 8.26. The number of carbonyl (C=O) groups is 1. The SMILES string of the molecule is COc1ccc([C@H](NC(=O)c2cc(C)ccc2O)C2CC(O)C2)cn1. The lowest BCUT2D eigenvalue weighted by atomic mass is 9.75. The number of aliphatic hydroxyl groups excluding tert-OH is 1. The zero-order valence-electron chi connectivity index (χ0n) is 14.3. The van der Waals surface area contributed by atoms with Crippen LogP contribution in [0.2, 0.25) is 0 Å². The van der Waals surface area contributed by atoms with Crippen LogP contribution < -0.4 is 10.1 Å². The van der Waals surface area contributed by atoms with Crippen LogP contribution in [0.3, 0.4) is 0 Å². The van der Waals surface area contributed by atoms with Gasteiger partial charge < -0.3 is 20.3 Å². The van der Waals surface area contributed by atoms with Gasteiger partial charge in [0.25, 0.3) is 5.91 Å². The van der Waals surface area contributed by atoms with Gasteiger partial charge in [-0.2, -0.15) is 0 Å². The van der Waals surface area contributed by atoms with E-state index >= 15 is 0 Å². The van der Waals surface area contributed by atoms with Crippen LogP contribution >= 0.6 is 0 Å². The zero-order valence-corrected chi connectivity index (χ0v) is 14.3. The van der Waals surface area contributed by atoms with E-state index in [0.29, 0.717) is 18.7 Å². The first-order valence-corrected chi connectivity index (χ1v) is 8.26. The number of phenolic OH excluding ortho intramolecular Hbond substituents is 1. The Kier molecular flexibility index (Phi) is 4.90. The number of carbonyl (C=O) groups excluding carboxylic acids is 1. The number of aromatic hydroxyl groups is 1. The van der Waals surface area contributed by atoms with Crippen molar-refractivity contribution in [2.45, 2.75) is 31.9 Å². The molecule has 1 aliphatic rings. The number of aryl methyl sites for hydroxylation is 1. The predicted octanol–water partition coefficient (Wildman–Crippen LogP) is 2.35. The maximum absolute atomic E-state index is 12.7. The molecule has 1 aliphatic carbocycles. The van der Waals surface area contributed by atoms with E-state index in [1.54, 1.807) is 31.5 Å². The van der Waals surface area contributed by atoms with E-state index in [4.69, 9.17) is 4.74 Å². The molecule has 1 atom stereocenters. The highest BCUT2D eigenvalue weighted by Gasteiger charge is 2.36. The minimum atomic E-state index is -0.344. The second-order valence-corrected chi connectivity index (χ2v) is 6.49. The standard InChI is InChI=1S/C19H22N2O4/c1-11-3-5-16(23)15(7-11)19(24)21-18(13-8-14(22)9-13)12-4-6-17(25-2)20-10-12/h3-7,10,13-14,18,22-23H,8-9H2,1-2H3,(H,21,24)/t13?,14?,18-/m0/s1. The molecule has 6 heteroatoms. The molecule has 1 saturated carbocycles. The number of aromatic nitrogens is 1. The van der Waals surface area contributed by atoms with Crippen LogP contribution in [0.15, 0.2) is 36.5 Å². The maximum atomic E-state index is 12.7. The van der Waals surface area contributed by atoms with Crippen LogP contribution in [0.1, 0.15) is 40.4 Å². The Labute approximate surface area is 146 Å². The summed E-state index contributed by atoms with van der Waals surface area (Å²) in [5.74, 6) is 0.228. The number of rotatable bonds is 5. The molecule has 1 aromatic heterocycles. The van der Waals surface area contributed by atoms with Gasteiger partial charge in [0.2, 0.25) is 5.88 Å². The Morgan fingerprint density at radius 2 is 2.08 bits per heavy atom. The molecule has 0 aliphatic heterocycles. The molecular weight excluding hydrogens is 320 g/mol. The third-order valence-electron chi connectivity index (χ3n) is 4.63. The largest absolute Gasteiger partial charge is 0.507 e.